The van der Waals surface area contributed by atoms with Crippen LogP contribution in [0.5, 0.6) is 11.5 Å². The minimum atomic E-state index is -3.93. The molecule has 0 aliphatic rings. The molecule has 12 heteroatoms. The van der Waals surface area contributed by atoms with Gasteiger partial charge < -0.3 is 14.8 Å². The maximum absolute atomic E-state index is 12.5. The molecule has 0 radical (unpaired) electrons. The number of anilines is 2. The zero-order valence-corrected chi connectivity index (χ0v) is 18.4. The highest BCUT2D eigenvalue weighted by atomic mass is 32.2. The number of hydrogen-bond acceptors (Lipinski definition) is 7. The predicted molar refractivity (Wildman–Crippen MR) is 113 cm³/mol. The van der Waals surface area contributed by atoms with E-state index in [0.29, 0.717) is 11.4 Å². The van der Waals surface area contributed by atoms with Crippen LogP contribution in [-0.4, -0.2) is 49.3 Å². The lowest BCUT2D eigenvalue weighted by molar-refractivity contribution is -0.117. The highest BCUT2D eigenvalue weighted by Crippen LogP contribution is 2.28. The lowest BCUT2D eigenvalue weighted by atomic mass is 10.2. The first-order valence-electron chi connectivity index (χ1n) is 8.58. The molecule has 0 aliphatic heterocycles. The van der Waals surface area contributed by atoms with E-state index in [-0.39, 0.29) is 16.3 Å². The van der Waals surface area contributed by atoms with E-state index in [4.69, 9.17) is 9.47 Å². The summed E-state index contributed by atoms with van der Waals surface area (Å²) in [5.41, 5.74) is 0.498. The first kappa shape index (κ1) is 23.4. The Labute approximate surface area is 175 Å². The van der Waals surface area contributed by atoms with E-state index in [1.165, 1.54) is 63.6 Å². The highest BCUT2D eigenvalue weighted by Gasteiger charge is 2.22. The first-order valence-corrected chi connectivity index (χ1v) is 12.0. The Morgan fingerprint density at radius 2 is 1.60 bits per heavy atom. The third-order valence-corrected chi connectivity index (χ3v) is 6.01. The van der Waals surface area contributed by atoms with Crippen LogP contribution in [0.15, 0.2) is 47.4 Å². The smallest absolute Gasteiger partial charge is 0.242 e. The minimum absolute atomic E-state index is 0.0131. The van der Waals surface area contributed by atoms with E-state index in [0.717, 1.165) is 6.26 Å². The molecule has 2 aromatic rings. The second kappa shape index (κ2) is 9.32. The van der Waals surface area contributed by atoms with Gasteiger partial charge in [0.2, 0.25) is 26.0 Å². The number of nitrogens with one attached hydrogen (secondary N) is 3. The number of carbonyl (C=O) groups excluding carboxylic acids is 1. The van der Waals surface area contributed by atoms with Crippen molar-refractivity contribution in [2.24, 2.45) is 0 Å². The molecule has 0 saturated heterocycles. The van der Waals surface area contributed by atoms with E-state index in [1.54, 1.807) is 0 Å². The van der Waals surface area contributed by atoms with Gasteiger partial charge in [-0.05, 0) is 43.3 Å². The van der Waals surface area contributed by atoms with Gasteiger partial charge in [-0.3, -0.25) is 9.52 Å². The summed E-state index contributed by atoms with van der Waals surface area (Å²) in [6.07, 6.45) is 0.999. The SMILES string of the molecule is COc1ccc(S(=O)(=O)N[C@@H](C)C(=O)Nc2ccc(NS(C)(=O)=O)c(OC)c2)cc1. The van der Waals surface area contributed by atoms with Gasteiger partial charge in [0.15, 0.2) is 0 Å². The molecule has 30 heavy (non-hydrogen) atoms. The van der Waals surface area contributed by atoms with Crippen molar-refractivity contribution in [1.82, 2.24) is 4.72 Å². The monoisotopic (exact) mass is 457 g/mol. The van der Waals surface area contributed by atoms with Crippen molar-refractivity contribution < 1.29 is 31.1 Å². The molecule has 3 N–H and O–H groups in total. The molecule has 164 valence electrons. The Bertz CT molecular complexity index is 1110. The van der Waals surface area contributed by atoms with Crippen LogP contribution in [0.1, 0.15) is 6.92 Å². The molecular weight excluding hydrogens is 434 g/mol. The van der Waals surface area contributed by atoms with E-state index in [2.05, 4.69) is 14.8 Å². The van der Waals surface area contributed by atoms with E-state index >= 15 is 0 Å². The summed E-state index contributed by atoms with van der Waals surface area (Å²) in [6.45, 7) is 1.40. The predicted octanol–water partition coefficient (Wildman–Crippen LogP) is 1.38. The molecule has 0 heterocycles. The van der Waals surface area contributed by atoms with Crippen molar-refractivity contribution in [1.29, 1.82) is 0 Å². The Morgan fingerprint density at radius 1 is 0.967 bits per heavy atom. The molecule has 10 nitrogen and oxygen atoms in total. The van der Waals surface area contributed by atoms with Gasteiger partial charge >= 0.3 is 0 Å². The molecule has 0 fully saturated rings. The molecule has 0 aromatic heterocycles. The first-order chi connectivity index (χ1) is 13.9. The lowest BCUT2D eigenvalue weighted by Gasteiger charge is -2.16. The summed E-state index contributed by atoms with van der Waals surface area (Å²) < 4.78 is 62.4. The average Bonchev–Trinajstić information content (AvgIpc) is 2.67. The third-order valence-electron chi connectivity index (χ3n) is 3.86. The number of amides is 1. The molecular formula is C18H23N3O7S2. The molecule has 0 saturated carbocycles. The van der Waals surface area contributed by atoms with Gasteiger partial charge in [0, 0.05) is 11.8 Å². The van der Waals surface area contributed by atoms with Crippen molar-refractivity contribution in [2.75, 3.05) is 30.5 Å². The normalized spacial score (nSPS) is 12.7. The van der Waals surface area contributed by atoms with E-state index in [9.17, 15) is 21.6 Å². The van der Waals surface area contributed by atoms with Gasteiger partial charge in [0.1, 0.15) is 11.5 Å². The summed E-state index contributed by atoms with van der Waals surface area (Å²) in [5, 5.41) is 2.56. The van der Waals surface area contributed by atoms with Gasteiger partial charge in [-0.1, -0.05) is 0 Å². The number of ether oxygens (including phenoxy) is 2. The fourth-order valence-electron chi connectivity index (χ4n) is 2.41. The zero-order valence-electron chi connectivity index (χ0n) is 16.8. The molecule has 2 aromatic carbocycles. The second-order valence-electron chi connectivity index (χ2n) is 6.30. The van der Waals surface area contributed by atoms with Gasteiger partial charge in [-0.15, -0.1) is 0 Å². The van der Waals surface area contributed by atoms with Crippen molar-refractivity contribution in [3.8, 4) is 11.5 Å². The minimum Gasteiger partial charge on any atom is -0.497 e. The Morgan fingerprint density at radius 3 is 2.13 bits per heavy atom. The van der Waals surface area contributed by atoms with Gasteiger partial charge in [0.25, 0.3) is 0 Å². The third kappa shape index (κ3) is 6.34. The Kier molecular flexibility index (Phi) is 7.29. The standard InChI is InChI=1S/C18H23N3O7S2/c1-12(20-30(25,26)15-8-6-14(27-2)7-9-15)18(22)19-13-5-10-16(17(11-13)28-3)21-29(4,23)24/h5-12,20-21H,1-4H3,(H,19,22)/t12-/m0/s1. The van der Waals surface area contributed by atoms with E-state index in [1.807, 2.05) is 0 Å². The number of carbonyl (C=O) groups is 1. The zero-order chi connectivity index (χ0) is 22.5. The molecule has 2 rings (SSSR count). The van der Waals surface area contributed by atoms with Crippen LogP contribution in [-0.2, 0) is 24.8 Å². The lowest BCUT2D eigenvalue weighted by Crippen LogP contribution is -2.41. The van der Waals surface area contributed by atoms with E-state index < -0.39 is 32.0 Å². The highest BCUT2D eigenvalue weighted by molar-refractivity contribution is 7.92. The summed E-state index contributed by atoms with van der Waals surface area (Å²) in [6, 6.07) is 8.93. The van der Waals surface area contributed by atoms with Crippen LogP contribution in [0, 0.1) is 0 Å². The quantitative estimate of drug-likeness (QED) is 0.517. The number of rotatable bonds is 9. The maximum atomic E-state index is 12.5. The van der Waals surface area contributed by atoms with Crippen molar-refractivity contribution in [2.45, 2.75) is 17.9 Å². The van der Waals surface area contributed by atoms with Crippen molar-refractivity contribution in [3.05, 3.63) is 42.5 Å². The Balaban J connectivity index is 2.11. The molecule has 0 unspecified atom stereocenters. The summed E-state index contributed by atoms with van der Waals surface area (Å²) >= 11 is 0. The maximum Gasteiger partial charge on any atom is 0.242 e. The summed E-state index contributed by atoms with van der Waals surface area (Å²) in [5.74, 6) is 0.0742. The fraction of sp³-hybridized carbons (Fsp3) is 0.278. The van der Waals surface area contributed by atoms with Crippen LogP contribution in [0.25, 0.3) is 0 Å². The van der Waals surface area contributed by atoms with Crippen LogP contribution in [0.3, 0.4) is 0 Å². The molecule has 1 atom stereocenters. The molecule has 0 spiro atoms. The number of benzene rings is 2. The summed E-state index contributed by atoms with van der Waals surface area (Å²) in [4.78, 5) is 12.4. The fourth-order valence-corrected chi connectivity index (χ4v) is 4.18. The van der Waals surface area contributed by atoms with Crippen molar-refractivity contribution in [3.63, 3.8) is 0 Å². The second-order valence-corrected chi connectivity index (χ2v) is 9.76. The largest absolute Gasteiger partial charge is 0.497 e. The molecule has 0 aliphatic carbocycles. The van der Waals surface area contributed by atoms with Gasteiger partial charge in [-0.2, -0.15) is 4.72 Å². The van der Waals surface area contributed by atoms with Crippen LogP contribution >= 0.6 is 0 Å². The van der Waals surface area contributed by atoms with Crippen molar-refractivity contribution >= 4 is 37.3 Å². The number of hydrogen-bond donors (Lipinski definition) is 3. The topological polar surface area (TPSA) is 140 Å². The van der Waals surface area contributed by atoms with Crippen LogP contribution < -0.4 is 24.2 Å². The Hall–Kier alpha value is -2.83. The summed E-state index contributed by atoms with van der Waals surface area (Å²) in [7, 11) is -4.63. The average molecular weight is 458 g/mol. The van der Waals surface area contributed by atoms with Crippen LogP contribution in [0.4, 0.5) is 11.4 Å². The van der Waals surface area contributed by atoms with Gasteiger partial charge in [0.05, 0.1) is 37.1 Å². The number of sulfonamides is 2. The number of methoxy groups -OCH3 is 2. The molecule has 1 amide bonds. The van der Waals surface area contributed by atoms with Gasteiger partial charge in [-0.25, -0.2) is 16.8 Å². The molecule has 0 bridgehead atoms. The van der Waals surface area contributed by atoms with Crippen LogP contribution in [0.2, 0.25) is 0 Å².